The van der Waals surface area contributed by atoms with Crippen LogP contribution >= 0.6 is 0 Å². The first-order valence-corrected chi connectivity index (χ1v) is 9.33. The average Bonchev–Trinajstić information content (AvgIpc) is 3.14. The van der Waals surface area contributed by atoms with Crippen LogP contribution < -0.4 is 10.2 Å². The number of amides is 3. The van der Waals surface area contributed by atoms with Crippen molar-refractivity contribution in [1.82, 2.24) is 5.01 Å². The van der Waals surface area contributed by atoms with E-state index >= 15 is 0 Å². The van der Waals surface area contributed by atoms with Gasteiger partial charge in [-0.05, 0) is 61.7 Å². The second-order valence-corrected chi connectivity index (χ2v) is 7.47. The van der Waals surface area contributed by atoms with Crippen LogP contribution in [-0.2, 0) is 14.4 Å². The molecule has 29 heavy (non-hydrogen) atoms. The molecule has 1 N–H and O–H groups in total. The molecule has 8 nitrogen and oxygen atoms in total. The standard InChI is InChI=1S/C21H21N5O3/c1-12-5-4-6-15(8-12)22-17(27)11-25-19-18(23-24-25)20(28)26(21(19)29)16-9-13(2)7-14(3)10-16/h4-10,18-19H,11H2,1-3H3,(H,22,27)/t18-,19-/m1/s1. The van der Waals surface area contributed by atoms with Crippen molar-refractivity contribution >= 4 is 29.1 Å². The summed E-state index contributed by atoms with van der Waals surface area (Å²) < 4.78 is 0. The predicted octanol–water partition coefficient (Wildman–Crippen LogP) is 2.54. The number of anilines is 2. The Balaban J connectivity index is 1.51. The zero-order valence-electron chi connectivity index (χ0n) is 16.4. The zero-order valence-corrected chi connectivity index (χ0v) is 16.4. The number of benzene rings is 2. The van der Waals surface area contributed by atoms with Crippen LogP contribution in [0.4, 0.5) is 11.4 Å². The second kappa shape index (κ2) is 7.12. The van der Waals surface area contributed by atoms with Crippen LogP contribution in [-0.4, -0.2) is 41.4 Å². The van der Waals surface area contributed by atoms with Crippen LogP contribution in [0.2, 0.25) is 0 Å². The number of nitrogens with one attached hydrogen (secondary N) is 1. The summed E-state index contributed by atoms with van der Waals surface area (Å²) in [5, 5.41) is 11.9. The molecule has 2 aromatic rings. The number of nitrogens with zero attached hydrogens (tertiary/aromatic N) is 4. The molecule has 1 saturated heterocycles. The molecule has 2 heterocycles. The molecule has 2 aromatic carbocycles. The Morgan fingerprint density at radius 3 is 2.41 bits per heavy atom. The summed E-state index contributed by atoms with van der Waals surface area (Å²) in [5.74, 6) is -1.17. The first kappa shape index (κ1) is 18.8. The number of carbonyl (C=O) groups excluding carboxylic acids is 3. The number of carbonyl (C=O) groups is 3. The maximum absolute atomic E-state index is 13.0. The minimum absolute atomic E-state index is 0.168. The van der Waals surface area contributed by atoms with E-state index in [9.17, 15) is 14.4 Å². The molecule has 0 aliphatic carbocycles. The molecule has 0 saturated carbocycles. The highest BCUT2D eigenvalue weighted by Crippen LogP contribution is 2.32. The number of fused-ring (bicyclic) bond motifs is 1. The van der Waals surface area contributed by atoms with Crippen LogP contribution in [0, 0.1) is 20.8 Å². The van der Waals surface area contributed by atoms with Gasteiger partial charge in [-0.1, -0.05) is 23.4 Å². The lowest BCUT2D eigenvalue weighted by Crippen LogP contribution is -2.43. The number of imide groups is 1. The summed E-state index contributed by atoms with van der Waals surface area (Å²) in [4.78, 5) is 39.4. The molecular formula is C21H21N5O3. The van der Waals surface area contributed by atoms with E-state index in [4.69, 9.17) is 0 Å². The predicted molar refractivity (Wildman–Crippen MR) is 107 cm³/mol. The van der Waals surface area contributed by atoms with E-state index in [-0.39, 0.29) is 12.5 Å². The van der Waals surface area contributed by atoms with Crippen molar-refractivity contribution < 1.29 is 14.4 Å². The van der Waals surface area contributed by atoms with Crippen LogP contribution in [0.25, 0.3) is 0 Å². The zero-order chi connectivity index (χ0) is 20.7. The number of rotatable bonds is 4. The highest BCUT2D eigenvalue weighted by atomic mass is 16.2. The van der Waals surface area contributed by atoms with Crippen molar-refractivity contribution in [3.8, 4) is 0 Å². The fourth-order valence-corrected chi connectivity index (χ4v) is 3.76. The Morgan fingerprint density at radius 2 is 1.72 bits per heavy atom. The van der Waals surface area contributed by atoms with Gasteiger partial charge in [-0.25, -0.2) is 4.90 Å². The Bertz CT molecular complexity index is 1030. The van der Waals surface area contributed by atoms with E-state index in [0.717, 1.165) is 21.6 Å². The molecule has 3 amide bonds. The third-order valence-corrected chi connectivity index (χ3v) is 4.93. The first-order valence-electron chi connectivity index (χ1n) is 9.33. The number of hydrogen-bond donors (Lipinski definition) is 1. The smallest absolute Gasteiger partial charge is 0.263 e. The molecule has 0 radical (unpaired) electrons. The Labute approximate surface area is 168 Å². The highest BCUT2D eigenvalue weighted by molar-refractivity contribution is 6.25. The molecule has 0 bridgehead atoms. The summed E-state index contributed by atoms with van der Waals surface area (Å²) in [6.45, 7) is 5.58. The SMILES string of the molecule is Cc1cccc(NC(=O)CN2N=N[C@H]3C(=O)N(c4cc(C)cc(C)c4)C(=O)[C@@H]32)c1. The summed E-state index contributed by atoms with van der Waals surface area (Å²) in [5.41, 5.74) is 4.10. The average molecular weight is 391 g/mol. The van der Waals surface area contributed by atoms with E-state index in [1.807, 2.05) is 45.0 Å². The molecule has 4 rings (SSSR count). The monoisotopic (exact) mass is 391 g/mol. The number of hydrogen-bond acceptors (Lipinski definition) is 6. The van der Waals surface area contributed by atoms with Crippen molar-refractivity contribution in [2.24, 2.45) is 10.3 Å². The van der Waals surface area contributed by atoms with Gasteiger partial charge in [-0.3, -0.25) is 19.4 Å². The highest BCUT2D eigenvalue weighted by Gasteiger charge is 2.55. The Kier molecular flexibility index (Phi) is 4.62. The fraction of sp³-hybridized carbons (Fsp3) is 0.286. The van der Waals surface area contributed by atoms with Gasteiger partial charge in [0.15, 0.2) is 12.1 Å². The van der Waals surface area contributed by atoms with Crippen molar-refractivity contribution in [2.45, 2.75) is 32.9 Å². The Hall–Kier alpha value is -3.55. The van der Waals surface area contributed by atoms with Crippen LogP contribution in [0.5, 0.6) is 0 Å². The molecule has 0 unspecified atom stereocenters. The molecule has 1 fully saturated rings. The second-order valence-electron chi connectivity index (χ2n) is 7.47. The lowest BCUT2D eigenvalue weighted by Gasteiger charge is -2.20. The van der Waals surface area contributed by atoms with Crippen LogP contribution in [0.3, 0.4) is 0 Å². The normalized spacial score (nSPS) is 20.4. The molecule has 0 aromatic heterocycles. The van der Waals surface area contributed by atoms with Crippen molar-refractivity contribution in [3.05, 3.63) is 59.2 Å². The molecule has 2 aliphatic rings. The summed E-state index contributed by atoms with van der Waals surface area (Å²) in [6, 6.07) is 11.1. The van der Waals surface area contributed by atoms with Gasteiger partial charge < -0.3 is 5.32 Å². The maximum Gasteiger partial charge on any atom is 0.263 e. The molecule has 8 heteroatoms. The largest absolute Gasteiger partial charge is 0.324 e. The fourth-order valence-electron chi connectivity index (χ4n) is 3.76. The van der Waals surface area contributed by atoms with Crippen molar-refractivity contribution in [2.75, 3.05) is 16.8 Å². The van der Waals surface area contributed by atoms with Gasteiger partial charge in [0.1, 0.15) is 6.54 Å². The van der Waals surface area contributed by atoms with Gasteiger partial charge in [0.2, 0.25) is 5.91 Å². The quantitative estimate of drug-likeness (QED) is 0.811. The minimum atomic E-state index is -0.921. The first-order chi connectivity index (χ1) is 13.8. The van der Waals surface area contributed by atoms with E-state index in [1.165, 1.54) is 5.01 Å². The van der Waals surface area contributed by atoms with Gasteiger partial charge in [0, 0.05) is 5.69 Å². The van der Waals surface area contributed by atoms with E-state index in [1.54, 1.807) is 18.2 Å². The van der Waals surface area contributed by atoms with E-state index in [2.05, 4.69) is 15.7 Å². The molecular weight excluding hydrogens is 370 g/mol. The van der Waals surface area contributed by atoms with Gasteiger partial charge in [-0.15, -0.1) is 0 Å². The van der Waals surface area contributed by atoms with Gasteiger partial charge in [0.25, 0.3) is 11.8 Å². The van der Waals surface area contributed by atoms with Crippen molar-refractivity contribution in [3.63, 3.8) is 0 Å². The summed E-state index contributed by atoms with van der Waals surface area (Å²) in [7, 11) is 0. The lowest BCUT2D eigenvalue weighted by atomic mass is 10.1. The molecule has 2 atom stereocenters. The molecule has 2 aliphatic heterocycles. The number of aryl methyl sites for hydroxylation is 3. The maximum atomic E-state index is 13.0. The van der Waals surface area contributed by atoms with Gasteiger partial charge in [-0.2, -0.15) is 5.11 Å². The topological polar surface area (TPSA) is 94.4 Å². The third-order valence-electron chi connectivity index (χ3n) is 4.93. The van der Waals surface area contributed by atoms with Crippen LogP contribution in [0.1, 0.15) is 16.7 Å². The van der Waals surface area contributed by atoms with Crippen LogP contribution in [0.15, 0.2) is 52.8 Å². The summed E-state index contributed by atoms with van der Waals surface area (Å²) >= 11 is 0. The van der Waals surface area contributed by atoms with E-state index < -0.39 is 23.9 Å². The lowest BCUT2D eigenvalue weighted by molar-refractivity contribution is -0.123. The third kappa shape index (κ3) is 3.49. The van der Waals surface area contributed by atoms with Gasteiger partial charge >= 0.3 is 0 Å². The summed E-state index contributed by atoms with van der Waals surface area (Å²) in [6.07, 6.45) is 0. The molecule has 0 spiro atoms. The van der Waals surface area contributed by atoms with E-state index in [0.29, 0.717) is 11.4 Å². The van der Waals surface area contributed by atoms with Crippen molar-refractivity contribution in [1.29, 1.82) is 0 Å². The Morgan fingerprint density at radius 1 is 1.00 bits per heavy atom. The molecule has 148 valence electrons. The minimum Gasteiger partial charge on any atom is -0.324 e. The van der Waals surface area contributed by atoms with Gasteiger partial charge in [0.05, 0.1) is 5.69 Å².